The molecule has 0 amide bonds. The van der Waals surface area contributed by atoms with E-state index in [4.69, 9.17) is 5.11 Å². The standard InChI is InChI=1S/C11H15N3O/c1-9(15)6-12-7-10-8-13-14-5-3-2-4-11(10)14/h2-5,8-9,12,15H,6-7H2,1H3/t9-/m0/s1. The predicted octanol–water partition coefficient (Wildman–Crippen LogP) is 0.805. The smallest absolute Gasteiger partial charge is 0.0706 e. The summed E-state index contributed by atoms with van der Waals surface area (Å²) in [6.07, 6.45) is 3.46. The molecule has 4 nitrogen and oxygen atoms in total. The molecule has 0 bridgehead atoms. The van der Waals surface area contributed by atoms with Crippen molar-refractivity contribution in [2.75, 3.05) is 6.54 Å². The van der Waals surface area contributed by atoms with Crippen molar-refractivity contribution < 1.29 is 5.11 Å². The topological polar surface area (TPSA) is 49.6 Å². The quantitative estimate of drug-likeness (QED) is 0.776. The third-order valence-corrected chi connectivity index (χ3v) is 2.26. The average Bonchev–Trinajstić information content (AvgIpc) is 2.62. The van der Waals surface area contributed by atoms with Crippen LogP contribution >= 0.6 is 0 Å². The van der Waals surface area contributed by atoms with E-state index in [1.165, 1.54) is 0 Å². The van der Waals surface area contributed by atoms with Gasteiger partial charge in [-0.05, 0) is 19.1 Å². The molecule has 2 rings (SSSR count). The molecule has 2 aromatic rings. The molecule has 80 valence electrons. The maximum atomic E-state index is 9.11. The highest BCUT2D eigenvalue weighted by Gasteiger charge is 2.02. The molecule has 0 aliphatic carbocycles. The van der Waals surface area contributed by atoms with Crippen LogP contribution in [0, 0.1) is 0 Å². The van der Waals surface area contributed by atoms with Crippen molar-refractivity contribution in [1.29, 1.82) is 0 Å². The number of rotatable bonds is 4. The van der Waals surface area contributed by atoms with Crippen LogP contribution in [0.5, 0.6) is 0 Å². The van der Waals surface area contributed by atoms with E-state index in [2.05, 4.69) is 10.4 Å². The molecule has 0 fully saturated rings. The highest BCUT2D eigenvalue weighted by atomic mass is 16.3. The largest absolute Gasteiger partial charge is 0.392 e. The number of hydrogen-bond donors (Lipinski definition) is 2. The Balaban J connectivity index is 2.08. The van der Waals surface area contributed by atoms with Gasteiger partial charge in [-0.15, -0.1) is 0 Å². The molecule has 4 heteroatoms. The van der Waals surface area contributed by atoms with E-state index in [1.54, 1.807) is 6.92 Å². The minimum atomic E-state index is -0.313. The summed E-state index contributed by atoms with van der Waals surface area (Å²) in [5.74, 6) is 0. The summed E-state index contributed by atoms with van der Waals surface area (Å²) in [4.78, 5) is 0. The molecule has 0 saturated carbocycles. The van der Waals surface area contributed by atoms with E-state index >= 15 is 0 Å². The van der Waals surface area contributed by atoms with Gasteiger partial charge in [-0.25, -0.2) is 4.52 Å². The number of pyridine rings is 1. The third kappa shape index (κ3) is 2.34. The van der Waals surface area contributed by atoms with Crippen molar-refractivity contribution in [2.45, 2.75) is 19.6 Å². The average molecular weight is 205 g/mol. The number of aliphatic hydroxyl groups excluding tert-OH is 1. The van der Waals surface area contributed by atoms with E-state index in [-0.39, 0.29) is 6.10 Å². The maximum absolute atomic E-state index is 9.11. The molecule has 0 saturated heterocycles. The fourth-order valence-corrected chi connectivity index (χ4v) is 1.54. The van der Waals surface area contributed by atoms with Crippen molar-refractivity contribution in [1.82, 2.24) is 14.9 Å². The number of nitrogens with zero attached hydrogens (tertiary/aromatic N) is 2. The summed E-state index contributed by atoms with van der Waals surface area (Å²) in [6, 6.07) is 5.98. The van der Waals surface area contributed by atoms with Gasteiger partial charge in [0.25, 0.3) is 0 Å². The summed E-state index contributed by atoms with van der Waals surface area (Å²) < 4.78 is 1.85. The fraction of sp³-hybridized carbons (Fsp3) is 0.364. The van der Waals surface area contributed by atoms with Gasteiger partial charge in [-0.2, -0.15) is 5.10 Å². The van der Waals surface area contributed by atoms with Gasteiger partial charge in [0, 0.05) is 24.8 Å². The Morgan fingerprint density at radius 2 is 2.40 bits per heavy atom. The first-order chi connectivity index (χ1) is 7.27. The van der Waals surface area contributed by atoms with Crippen LogP contribution in [0.15, 0.2) is 30.6 Å². The molecular weight excluding hydrogens is 190 g/mol. The van der Waals surface area contributed by atoms with Gasteiger partial charge in [0.1, 0.15) is 0 Å². The molecule has 0 aliphatic rings. The van der Waals surface area contributed by atoms with E-state index < -0.39 is 0 Å². The molecule has 0 spiro atoms. The zero-order chi connectivity index (χ0) is 10.7. The number of hydrogen-bond acceptors (Lipinski definition) is 3. The Morgan fingerprint density at radius 1 is 1.53 bits per heavy atom. The molecule has 2 heterocycles. The van der Waals surface area contributed by atoms with E-state index in [0.29, 0.717) is 6.54 Å². The first-order valence-electron chi connectivity index (χ1n) is 5.07. The second-order valence-corrected chi connectivity index (χ2v) is 3.68. The number of nitrogens with one attached hydrogen (secondary N) is 1. The van der Waals surface area contributed by atoms with Gasteiger partial charge in [-0.1, -0.05) is 6.07 Å². The van der Waals surface area contributed by atoms with Crippen LogP contribution in [0.3, 0.4) is 0 Å². The highest BCUT2D eigenvalue weighted by Crippen LogP contribution is 2.08. The van der Waals surface area contributed by atoms with Crippen LogP contribution in [0.1, 0.15) is 12.5 Å². The van der Waals surface area contributed by atoms with Crippen molar-refractivity contribution in [3.8, 4) is 0 Å². The molecule has 15 heavy (non-hydrogen) atoms. The molecule has 2 aromatic heterocycles. The van der Waals surface area contributed by atoms with Crippen molar-refractivity contribution in [3.05, 3.63) is 36.2 Å². The third-order valence-electron chi connectivity index (χ3n) is 2.26. The Kier molecular flexibility index (Phi) is 2.99. The molecule has 0 unspecified atom stereocenters. The molecule has 2 N–H and O–H groups in total. The van der Waals surface area contributed by atoms with Crippen LogP contribution in [-0.4, -0.2) is 27.4 Å². The van der Waals surface area contributed by atoms with Gasteiger partial charge in [0.2, 0.25) is 0 Å². The summed E-state index contributed by atoms with van der Waals surface area (Å²) in [6.45, 7) is 3.10. The lowest BCUT2D eigenvalue weighted by molar-refractivity contribution is 0.191. The monoisotopic (exact) mass is 205 g/mol. The molecule has 0 radical (unpaired) electrons. The minimum Gasteiger partial charge on any atom is -0.392 e. The lowest BCUT2D eigenvalue weighted by Gasteiger charge is -2.05. The number of aliphatic hydroxyl groups is 1. The lowest BCUT2D eigenvalue weighted by Crippen LogP contribution is -2.23. The van der Waals surface area contributed by atoms with Crippen LogP contribution in [0.4, 0.5) is 0 Å². The van der Waals surface area contributed by atoms with Gasteiger partial charge in [0.05, 0.1) is 17.8 Å². The number of fused-ring (bicyclic) bond motifs is 1. The molecular formula is C11H15N3O. The summed E-state index contributed by atoms with van der Waals surface area (Å²) in [5, 5.41) is 16.5. The Bertz CT molecular complexity index is 436. The normalized spacial score (nSPS) is 13.2. The van der Waals surface area contributed by atoms with E-state index in [9.17, 15) is 0 Å². The van der Waals surface area contributed by atoms with Crippen LogP contribution in [0.25, 0.3) is 5.52 Å². The zero-order valence-corrected chi connectivity index (χ0v) is 8.72. The summed E-state index contributed by atoms with van der Waals surface area (Å²) >= 11 is 0. The van der Waals surface area contributed by atoms with Gasteiger partial charge < -0.3 is 10.4 Å². The number of aromatic nitrogens is 2. The van der Waals surface area contributed by atoms with Crippen LogP contribution in [-0.2, 0) is 6.54 Å². The Morgan fingerprint density at radius 3 is 3.20 bits per heavy atom. The molecule has 0 aliphatic heterocycles. The lowest BCUT2D eigenvalue weighted by atomic mass is 10.2. The Labute approximate surface area is 88.5 Å². The summed E-state index contributed by atoms with van der Waals surface area (Å²) in [7, 11) is 0. The Hall–Kier alpha value is -1.39. The highest BCUT2D eigenvalue weighted by molar-refractivity contribution is 5.53. The van der Waals surface area contributed by atoms with E-state index in [0.717, 1.165) is 17.6 Å². The summed E-state index contributed by atoms with van der Waals surface area (Å²) in [5.41, 5.74) is 2.26. The van der Waals surface area contributed by atoms with Gasteiger partial charge >= 0.3 is 0 Å². The zero-order valence-electron chi connectivity index (χ0n) is 8.72. The first kappa shape index (κ1) is 10.1. The molecule has 0 aromatic carbocycles. The van der Waals surface area contributed by atoms with Crippen molar-refractivity contribution in [3.63, 3.8) is 0 Å². The first-order valence-corrected chi connectivity index (χ1v) is 5.07. The maximum Gasteiger partial charge on any atom is 0.0706 e. The molecule has 1 atom stereocenters. The van der Waals surface area contributed by atoms with Crippen molar-refractivity contribution >= 4 is 5.52 Å². The van der Waals surface area contributed by atoms with Crippen molar-refractivity contribution in [2.24, 2.45) is 0 Å². The van der Waals surface area contributed by atoms with Crippen LogP contribution in [0.2, 0.25) is 0 Å². The minimum absolute atomic E-state index is 0.313. The predicted molar refractivity (Wildman–Crippen MR) is 58.6 cm³/mol. The van der Waals surface area contributed by atoms with E-state index in [1.807, 2.05) is 35.1 Å². The van der Waals surface area contributed by atoms with Crippen LogP contribution < -0.4 is 5.32 Å². The van der Waals surface area contributed by atoms with Gasteiger partial charge in [0.15, 0.2) is 0 Å². The second-order valence-electron chi connectivity index (χ2n) is 3.68. The second kappa shape index (κ2) is 4.42. The SMILES string of the molecule is C[C@H](O)CNCc1cnn2ccccc12. The fourth-order valence-electron chi connectivity index (χ4n) is 1.54. The van der Waals surface area contributed by atoms with Gasteiger partial charge in [-0.3, -0.25) is 0 Å².